The van der Waals surface area contributed by atoms with Gasteiger partial charge in [-0.25, -0.2) is 13.4 Å². The number of carbonyl (C=O) groups is 3. The maximum absolute atomic E-state index is 13.5. The summed E-state index contributed by atoms with van der Waals surface area (Å²) in [4.78, 5) is 45.2. The van der Waals surface area contributed by atoms with Crippen LogP contribution in [0.2, 0.25) is 0 Å². The number of sulfonamides is 1. The maximum atomic E-state index is 13.5. The number of H-pyrrole nitrogens is 1. The van der Waals surface area contributed by atoms with Crippen molar-refractivity contribution in [3.05, 3.63) is 115 Å². The molecule has 0 aliphatic carbocycles. The minimum absolute atomic E-state index is 0.000268. The number of esters is 1. The minimum atomic E-state index is -4.15. The fraction of sp³-hybridized carbons (Fsp3) is 0.152. The van der Waals surface area contributed by atoms with Crippen LogP contribution in [0.25, 0.3) is 10.8 Å². The van der Waals surface area contributed by atoms with Crippen LogP contribution in [-0.4, -0.2) is 48.3 Å². The molecule has 4 aromatic carbocycles. The van der Waals surface area contributed by atoms with E-state index in [0.29, 0.717) is 17.0 Å². The van der Waals surface area contributed by atoms with E-state index in [4.69, 9.17) is 9.47 Å². The van der Waals surface area contributed by atoms with Gasteiger partial charge in [-0.05, 0) is 52.6 Å². The third-order valence-electron chi connectivity index (χ3n) is 7.27. The summed E-state index contributed by atoms with van der Waals surface area (Å²) in [7, 11) is -4.15. The van der Waals surface area contributed by atoms with Crippen molar-refractivity contribution in [1.29, 1.82) is 0 Å². The van der Waals surface area contributed by atoms with E-state index >= 15 is 0 Å². The first kappa shape index (κ1) is 30.5. The first-order valence-corrected chi connectivity index (χ1v) is 15.8. The summed E-state index contributed by atoms with van der Waals surface area (Å²) in [6, 6.07) is 24.7. The van der Waals surface area contributed by atoms with Gasteiger partial charge in [-0.15, -0.1) is 0 Å². The molecule has 4 N–H and O–H groups in total. The molecule has 1 aliphatic rings. The molecular weight excluding hydrogens is 610 g/mol. The SMILES string of the molecule is O=C(CC1Oc2ccc(C[C@H](NS(=O)(=O)c3ccc4ccccc4c3)C(=O)OCc3ccccc3)cc2NC1=O)Nc1ncc[nH]1. The number of anilines is 2. The molecule has 6 rings (SSSR count). The lowest BCUT2D eigenvalue weighted by atomic mass is 10.0. The number of fused-ring (bicyclic) bond motifs is 2. The molecule has 0 saturated carbocycles. The van der Waals surface area contributed by atoms with Gasteiger partial charge < -0.3 is 19.8 Å². The highest BCUT2D eigenvalue weighted by molar-refractivity contribution is 7.89. The van der Waals surface area contributed by atoms with E-state index in [0.717, 1.165) is 16.3 Å². The summed E-state index contributed by atoms with van der Waals surface area (Å²) < 4.78 is 40.9. The molecule has 0 saturated heterocycles. The number of nitrogens with zero attached hydrogens (tertiary/aromatic N) is 1. The van der Waals surface area contributed by atoms with Gasteiger partial charge in [0.1, 0.15) is 18.4 Å². The average molecular weight is 640 g/mol. The quantitative estimate of drug-likeness (QED) is 0.158. The lowest BCUT2D eigenvalue weighted by molar-refractivity contribution is -0.147. The van der Waals surface area contributed by atoms with Gasteiger partial charge in [0.05, 0.1) is 17.0 Å². The van der Waals surface area contributed by atoms with Crippen molar-refractivity contribution in [3.63, 3.8) is 0 Å². The number of aromatic amines is 1. The highest BCUT2D eigenvalue weighted by Gasteiger charge is 2.32. The van der Waals surface area contributed by atoms with Gasteiger partial charge >= 0.3 is 5.97 Å². The summed E-state index contributed by atoms with van der Waals surface area (Å²) in [5.74, 6) is -1.20. The number of nitrogens with one attached hydrogen (secondary N) is 4. The maximum Gasteiger partial charge on any atom is 0.324 e. The molecule has 13 heteroatoms. The number of amides is 2. The largest absolute Gasteiger partial charge is 0.478 e. The number of hydrogen-bond acceptors (Lipinski definition) is 8. The molecule has 46 heavy (non-hydrogen) atoms. The van der Waals surface area contributed by atoms with E-state index in [-0.39, 0.29) is 30.3 Å². The van der Waals surface area contributed by atoms with Gasteiger partial charge in [-0.1, -0.05) is 66.7 Å². The molecule has 0 radical (unpaired) electrons. The van der Waals surface area contributed by atoms with Gasteiger partial charge in [0.2, 0.25) is 21.9 Å². The third kappa shape index (κ3) is 7.22. The molecule has 2 amide bonds. The fourth-order valence-electron chi connectivity index (χ4n) is 4.97. The zero-order valence-electron chi connectivity index (χ0n) is 24.3. The van der Waals surface area contributed by atoms with Crippen molar-refractivity contribution in [3.8, 4) is 5.75 Å². The Kier molecular flexibility index (Phi) is 8.76. The van der Waals surface area contributed by atoms with Crippen LogP contribution in [-0.2, 0) is 42.2 Å². The number of rotatable bonds is 11. The molecule has 0 spiro atoms. The third-order valence-corrected chi connectivity index (χ3v) is 8.74. The van der Waals surface area contributed by atoms with Crippen molar-refractivity contribution in [2.45, 2.75) is 36.5 Å². The van der Waals surface area contributed by atoms with Gasteiger partial charge in [-0.3, -0.25) is 19.7 Å². The number of imidazole rings is 1. The summed E-state index contributed by atoms with van der Waals surface area (Å²) in [6.07, 6.45) is 1.62. The Balaban J connectivity index is 1.19. The Hall–Kier alpha value is -5.53. The van der Waals surface area contributed by atoms with Crippen molar-refractivity contribution < 1.29 is 32.3 Å². The molecule has 5 aromatic rings. The molecule has 0 fully saturated rings. The van der Waals surface area contributed by atoms with Crippen LogP contribution in [0, 0.1) is 0 Å². The second-order valence-corrected chi connectivity index (χ2v) is 12.3. The zero-order valence-corrected chi connectivity index (χ0v) is 25.1. The molecule has 1 aliphatic heterocycles. The van der Waals surface area contributed by atoms with Gasteiger partial charge in [-0.2, -0.15) is 4.72 Å². The van der Waals surface area contributed by atoms with Crippen LogP contribution in [0.4, 0.5) is 11.6 Å². The minimum Gasteiger partial charge on any atom is -0.478 e. The van der Waals surface area contributed by atoms with E-state index in [1.54, 1.807) is 54.7 Å². The van der Waals surface area contributed by atoms with Gasteiger partial charge in [0.25, 0.3) is 5.91 Å². The van der Waals surface area contributed by atoms with E-state index in [1.165, 1.54) is 12.3 Å². The Labute approximate surface area is 264 Å². The first-order chi connectivity index (χ1) is 22.2. The highest BCUT2D eigenvalue weighted by atomic mass is 32.2. The Morgan fingerprint density at radius 3 is 2.50 bits per heavy atom. The molecule has 2 heterocycles. The van der Waals surface area contributed by atoms with E-state index < -0.39 is 40.0 Å². The second-order valence-electron chi connectivity index (χ2n) is 10.6. The number of carbonyl (C=O) groups excluding carboxylic acids is 3. The molecule has 1 aromatic heterocycles. The van der Waals surface area contributed by atoms with Crippen LogP contribution in [0.1, 0.15) is 17.5 Å². The predicted molar refractivity (Wildman–Crippen MR) is 169 cm³/mol. The van der Waals surface area contributed by atoms with E-state index in [9.17, 15) is 22.8 Å². The molecule has 2 atom stereocenters. The summed E-state index contributed by atoms with van der Waals surface area (Å²) >= 11 is 0. The topological polar surface area (TPSA) is 169 Å². The summed E-state index contributed by atoms with van der Waals surface area (Å²) in [5, 5.41) is 6.89. The normalized spacial score (nSPS) is 14.9. The van der Waals surface area contributed by atoms with Crippen LogP contribution in [0.3, 0.4) is 0 Å². The van der Waals surface area contributed by atoms with Crippen LogP contribution in [0.15, 0.2) is 108 Å². The lowest BCUT2D eigenvalue weighted by Gasteiger charge is -2.26. The van der Waals surface area contributed by atoms with Gasteiger partial charge in [0, 0.05) is 12.4 Å². The van der Waals surface area contributed by atoms with Crippen molar-refractivity contribution in [1.82, 2.24) is 14.7 Å². The Morgan fingerprint density at radius 2 is 1.72 bits per heavy atom. The summed E-state index contributed by atoms with van der Waals surface area (Å²) in [5.41, 5.74) is 1.59. The predicted octanol–water partition coefficient (Wildman–Crippen LogP) is 3.92. The zero-order chi connectivity index (χ0) is 32.1. The van der Waals surface area contributed by atoms with Crippen molar-refractivity contribution >= 4 is 50.2 Å². The Bertz CT molecular complexity index is 2000. The van der Waals surface area contributed by atoms with Crippen molar-refractivity contribution in [2.24, 2.45) is 0 Å². The highest BCUT2D eigenvalue weighted by Crippen LogP contribution is 2.32. The molecule has 12 nitrogen and oxygen atoms in total. The van der Waals surface area contributed by atoms with E-state index in [2.05, 4.69) is 25.3 Å². The lowest BCUT2D eigenvalue weighted by Crippen LogP contribution is -2.43. The Morgan fingerprint density at radius 1 is 0.935 bits per heavy atom. The molecule has 234 valence electrons. The van der Waals surface area contributed by atoms with Crippen molar-refractivity contribution in [2.75, 3.05) is 10.6 Å². The second kappa shape index (κ2) is 13.2. The van der Waals surface area contributed by atoms with Crippen LogP contribution < -0.4 is 20.1 Å². The number of hydrogen-bond donors (Lipinski definition) is 4. The fourth-order valence-corrected chi connectivity index (χ4v) is 6.19. The average Bonchev–Trinajstić information content (AvgIpc) is 3.57. The number of benzene rings is 4. The van der Waals surface area contributed by atoms with Crippen LogP contribution in [0.5, 0.6) is 5.75 Å². The van der Waals surface area contributed by atoms with Crippen LogP contribution >= 0.6 is 0 Å². The molecule has 1 unspecified atom stereocenters. The first-order valence-electron chi connectivity index (χ1n) is 14.3. The number of aromatic nitrogens is 2. The number of ether oxygens (including phenoxy) is 2. The smallest absolute Gasteiger partial charge is 0.324 e. The van der Waals surface area contributed by atoms with E-state index in [1.807, 2.05) is 36.4 Å². The monoisotopic (exact) mass is 639 g/mol. The standard InChI is InChI=1S/C33H29N5O7S/c39-30(37-33-34-14-15-35-33)19-29-31(40)36-26-16-22(10-13-28(26)45-29)17-27(32(41)44-20-21-6-2-1-3-7-21)38-46(42,43)25-12-11-23-8-4-5-9-24(23)18-25/h1-16,18,27,29,38H,17,19-20H2,(H,36,40)(H2,34,35,37,39)/t27-,29?/m0/s1. The molecule has 0 bridgehead atoms. The van der Waals surface area contributed by atoms with Gasteiger partial charge in [0.15, 0.2) is 6.10 Å². The molecular formula is C33H29N5O7S. The summed E-state index contributed by atoms with van der Waals surface area (Å²) in [6.45, 7) is -0.0448.